The minimum absolute atomic E-state index is 0.154. The average Bonchev–Trinajstić information content (AvgIpc) is 2.86. The van der Waals surface area contributed by atoms with Crippen LogP contribution < -0.4 is 4.74 Å². The van der Waals surface area contributed by atoms with Crippen molar-refractivity contribution in [2.75, 3.05) is 7.11 Å². The Morgan fingerprint density at radius 1 is 1.33 bits per heavy atom. The lowest BCUT2D eigenvalue weighted by atomic mass is 10.1. The molecule has 1 heterocycles. The molecular formula is C12H15N3O3. The lowest BCUT2D eigenvalue weighted by molar-refractivity contribution is 0.150. The van der Waals surface area contributed by atoms with E-state index in [0.717, 1.165) is 11.3 Å². The van der Waals surface area contributed by atoms with E-state index in [0.29, 0.717) is 12.2 Å². The van der Waals surface area contributed by atoms with Crippen LogP contribution in [0.3, 0.4) is 0 Å². The van der Waals surface area contributed by atoms with Crippen molar-refractivity contribution in [2.24, 2.45) is 0 Å². The third kappa shape index (κ3) is 2.85. The van der Waals surface area contributed by atoms with Gasteiger partial charge in [0.2, 0.25) is 0 Å². The first-order valence-electron chi connectivity index (χ1n) is 5.55. The van der Waals surface area contributed by atoms with Gasteiger partial charge in [0.05, 0.1) is 32.6 Å². The van der Waals surface area contributed by atoms with Crippen LogP contribution in [0.2, 0.25) is 0 Å². The van der Waals surface area contributed by atoms with Crippen LogP contribution in [-0.2, 0) is 13.2 Å². The van der Waals surface area contributed by atoms with Crippen molar-refractivity contribution in [3.05, 3.63) is 41.7 Å². The summed E-state index contributed by atoms with van der Waals surface area (Å²) in [6.45, 7) is 0.137. The van der Waals surface area contributed by atoms with Crippen LogP contribution in [-0.4, -0.2) is 32.3 Å². The van der Waals surface area contributed by atoms with Crippen LogP contribution >= 0.6 is 0 Å². The lowest BCUT2D eigenvalue weighted by Gasteiger charge is -2.11. The van der Waals surface area contributed by atoms with E-state index in [2.05, 4.69) is 10.3 Å². The van der Waals surface area contributed by atoms with Crippen molar-refractivity contribution in [1.29, 1.82) is 0 Å². The standard InChI is InChI=1S/C12H15N3O3/c1-18-11-4-2-9(3-5-11)12(17)7-15-6-10(8-16)13-14-15/h2-6,12,16-17H,7-8H2,1H3/t12-/m0/s1. The van der Waals surface area contributed by atoms with Gasteiger partial charge in [0.1, 0.15) is 11.4 Å². The maximum Gasteiger partial charge on any atom is 0.118 e. The monoisotopic (exact) mass is 249 g/mol. The fourth-order valence-electron chi connectivity index (χ4n) is 1.61. The van der Waals surface area contributed by atoms with Crippen LogP contribution in [0.4, 0.5) is 0 Å². The van der Waals surface area contributed by atoms with Gasteiger partial charge in [-0.2, -0.15) is 0 Å². The molecular weight excluding hydrogens is 234 g/mol. The normalized spacial score (nSPS) is 12.4. The zero-order valence-electron chi connectivity index (χ0n) is 10.0. The van der Waals surface area contributed by atoms with Crippen LogP contribution in [0.5, 0.6) is 5.75 Å². The lowest BCUT2D eigenvalue weighted by Crippen LogP contribution is -2.09. The van der Waals surface area contributed by atoms with Crippen LogP contribution in [0.25, 0.3) is 0 Å². The van der Waals surface area contributed by atoms with Crippen molar-refractivity contribution in [2.45, 2.75) is 19.3 Å². The summed E-state index contributed by atoms with van der Waals surface area (Å²) in [5.74, 6) is 0.745. The number of hydrogen-bond donors (Lipinski definition) is 2. The van der Waals surface area contributed by atoms with Gasteiger partial charge in [-0.25, -0.2) is 4.68 Å². The van der Waals surface area contributed by atoms with Gasteiger partial charge < -0.3 is 14.9 Å². The molecule has 0 saturated carbocycles. The average molecular weight is 249 g/mol. The Kier molecular flexibility index (Phi) is 3.91. The third-order valence-corrected chi connectivity index (χ3v) is 2.61. The molecule has 0 aliphatic carbocycles. The predicted octanol–water partition coefficient (Wildman–Crippen LogP) is 0.513. The molecule has 0 amide bonds. The minimum atomic E-state index is -0.677. The zero-order valence-corrected chi connectivity index (χ0v) is 10.0. The SMILES string of the molecule is COc1ccc([C@@H](O)Cn2cc(CO)nn2)cc1. The molecule has 0 unspecified atom stereocenters. The molecule has 0 spiro atoms. The number of nitrogens with zero attached hydrogens (tertiary/aromatic N) is 3. The third-order valence-electron chi connectivity index (χ3n) is 2.61. The van der Waals surface area contributed by atoms with E-state index in [4.69, 9.17) is 9.84 Å². The Labute approximate surface area is 104 Å². The molecule has 0 saturated heterocycles. The summed E-state index contributed by atoms with van der Waals surface area (Å²) in [6, 6.07) is 7.18. The Bertz CT molecular complexity index is 496. The second kappa shape index (κ2) is 5.61. The molecule has 2 rings (SSSR count). The van der Waals surface area contributed by atoms with Crippen LogP contribution in [0.1, 0.15) is 17.4 Å². The molecule has 18 heavy (non-hydrogen) atoms. The molecule has 0 bridgehead atoms. The summed E-state index contributed by atoms with van der Waals surface area (Å²) >= 11 is 0. The molecule has 2 aromatic rings. The molecule has 0 aliphatic rings. The van der Waals surface area contributed by atoms with Crippen LogP contribution in [0, 0.1) is 0 Å². The molecule has 6 heteroatoms. The van der Waals surface area contributed by atoms with E-state index in [1.165, 1.54) is 4.68 Å². The van der Waals surface area contributed by atoms with E-state index in [9.17, 15) is 5.11 Å². The first-order valence-corrected chi connectivity index (χ1v) is 5.55. The smallest absolute Gasteiger partial charge is 0.118 e. The molecule has 1 aromatic heterocycles. The van der Waals surface area contributed by atoms with Gasteiger partial charge in [0.25, 0.3) is 0 Å². The van der Waals surface area contributed by atoms with Crippen molar-refractivity contribution in [3.8, 4) is 5.75 Å². The number of aliphatic hydroxyl groups excluding tert-OH is 2. The summed E-state index contributed by atoms with van der Waals surface area (Å²) in [7, 11) is 1.59. The molecule has 2 N–H and O–H groups in total. The highest BCUT2D eigenvalue weighted by molar-refractivity contribution is 5.28. The molecule has 0 aliphatic heterocycles. The van der Waals surface area contributed by atoms with Gasteiger partial charge in [0, 0.05) is 0 Å². The van der Waals surface area contributed by atoms with E-state index in [1.807, 2.05) is 0 Å². The number of methoxy groups -OCH3 is 1. The molecule has 1 aromatic carbocycles. The van der Waals surface area contributed by atoms with Crippen molar-refractivity contribution in [3.63, 3.8) is 0 Å². The molecule has 0 fully saturated rings. The van der Waals surface area contributed by atoms with Crippen molar-refractivity contribution < 1.29 is 14.9 Å². The maximum atomic E-state index is 10.0. The van der Waals surface area contributed by atoms with E-state index < -0.39 is 6.10 Å². The first kappa shape index (κ1) is 12.5. The first-order chi connectivity index (χ1) is 8.72. The molecule has 6 nitrogen and oxygen atoms in total. The Morgan fingerprint density at radius 2 is 2.06 bits per heavy atom. The topological polar surface area (TPSA) is 80.4 Å². The number of ether oxygens (including phenoxy) is 1. The van der Waals surface area contributed by atoms with Gasteiger partial charge in [-0.3, -0.25) is 0 Å². The highest BCUT2D eigenvalue weighted by Gasteiger charge is 2.10. The molecule has 96 valence electrons. The highest BCUT2D eigenvalue weighted by Crippen LogP contribution is 2.18. The highest BCUT2D eigenvalue weighted by atomic mass is 16.5. The second-order valence-electron chi connectivity index (χ2n) is 3.88. The van der Waals surface area contributed by atoms with E-state index >= 15 is 0 Å². The number of rotatable bonds is 5. The van der Waals surface area contributed by atoms with Gasteiger partial charge in [-0.1, -0.05) is 17.3 Å². The minimum Gasteiger partial charge on any atom is -0.497 e. The van der Waals surface area contributed by atoms with Gasteiger partial charge in [-0.15, -0.1) is 5.10 Å². The van der Waals surface area contributed by atoms with Gasteiger partial charge >= 0.3 is 0 Å². The number of benzene rings is 1. The fraction of sp³-hybridized carbons (Fsp3) is 0.333. The summed E-state index contributed by atoms with van der Waals surface area (Å²) in [4.78, 5) is 0. The number of aromatic nitrogens is 3. The Balaban J connectivity index is 2.03. The van der Waals surface area contributed by atoms with E-state index in [-0.39, 0.29) is 6.61 Å². The number of aliphatic hydroxyl groups is 2. The summed E-state index contributed by atoms with van der Waals surface area (Å²) < 4.78 is 6.55. The maximum absolute atomic E-state index is 10.0. The largest absolute Gasteiger partial charge is 0.497 e. The van der Waals surface area contributed by atoms with Crippen molar-refractivity contribution in [1.82, 2.24) is 15.0 Å². The number of hydrogen-bond acceptors (Lipinski definition) is 5. The predicted molar refractivity (Wildman–Crippen MR) is 63.9 cm³/mol. The Morgan fingerprint density at radius 3 is 2.61 bits per heavy atom. The van der Waals surface area contributed by atoms with E-state index in [1.54, 1.807) is 37.6 Å². The second-order valence-corrected chi connectivity index (χ2v) is 3.88. The fourth-order valence-corrected chi connectivity index (χ4v) is 1.61. The van der Waals surface area contributed by atoms with Crippen LogP contribution in [0.15, 0.2) is 30.5 Å². The van der Waals surface area contributed by atoms with Crippen molar-refractivity contribution >= 4 is 0 Å². The van der Waals surface area contributed by atoms with Gasteiger partial charge in [-0.05, 0) is 17.7 Å². The summed E-state index contributed by atoms with van der Waals surface area (Å²) in [5, 5.41) is 26.4. The summed E-state index contributed by atoms with van der Waals surface area (Å²) in [6.07, 6.45) is 0.927. The van der Waals surface area contributed by atoms with Gasteiger partial charge in [0.15, 0.2) is 0 Å². The molecule has 1 atom stereocenters. The molecule has 0 radical (unpaired) electrons. The quantitative estimate of drug-likeness (QED) is 0.807. The Hall–Kier alpha value is -1.92. The zero-order chi connectivity index (χ0) is 13.0. The summed E-state index contributed by atoms with van der Waals surface area (Å²) in [5.41, 5.74) is 1.26.